The monoisotopic (exact) mass is 351 g/mol. The van der Waals surface area contributed by atoms with Crippen molar-refractivity contribution in [2.24, 2.45) is 0 Å². The van der Waals surface area contributed by atoms with E-state index in [0.717, 1.165) is 11.3 Å². The number of nitrogens with one attached hydrogen (secondary N) is 1. The molecule has 1 heterocycles. The molecule has 132 valence electrons. The number of carboxylic acids is 2. The highest BCUT2D eigenvalue weighted by Gasteiger charge is 2.11. The number of aromatic carboxylic acids is 2. The lowest BCUT2D eigenvalue weighted by Crippen LogP contribution is -2.05. The molecule has 0 aliphatic rings. The molecule has 0 radical (unpaired) electrons. The van der Waals surface area contributed by atoms with E-state index >= 15 is 0 Å². The van der Waals surface area contributed by atoms with E-state index < -0.39 is 11.9 Å². The van der Waals surface area contributed by atoms with E-state index in [-0.39, 0.29) is 11.1 Å². The number of rotatable bonds is 6. The minimum absolute atomic E-state index is 0.219. The summed E-state index contributed by atoms with van der Waals surface area (Å²) in [4.78, 5) is 22.1. The highest BCUT2D eigenvalue weighted by molar-refractivity contribution is 5.91. The van der Waals surface area contributed by atoms with Crippen LogP contribution in [0.5, 0.6) is 0 Å². The molecule has 0 saturated heterocycles. The smallest absolute Gasteiger partial charge is 0.336 e. The lowest BCUT2D eigenvalue weighted by Gasteiger charge is -2.10. The van der Waals surface area contributed by atoms with Gasteiger partial charge in [-0.05, 0) is 48.9 Å². The van der Waals surface area contributed by atoms with Crippen molar-refractivity contribution in [3.63, 3.8) is 0 Å². The van der Waals surface area contributed by atoms with Crippen LogP contribution in [0.25, 0.3) is 11.3 Å². The summed E-state index contributed by atoms with van der Waals surface area (Å²) in [6.07, 6.45) is 0. The third kappa shape index (κ3) is 3.59. The highest BCUT2D eigenvalue weighted by atomic mass is 16.4. The first-order valence-electron chi connectivity index (χ1n) is 7.95. The molecule has 3 rings (SSSR count). The number of hydrogen-bond donors (Lipinski definition) is 3. The lowest BCUT2D eigenvalue weighted by atomic mass is 10.1. The van der Waals surface area contributed by atoms with Crippen molar-refractivity contribution in [3.05, 3.63) is 77.0 Å². The Kier molecular flexibility index (Phi) is 4.75. The van der Waals surface area contributed by atoms with Gasteiger partial charge in [0.15, 0.2) is 0 Å². The van der Waals surface area contributed by atoms with Gasteiger partial charge in [0, 0.05) is 11.3 Å². The molecule has 0 aliphatic carbocycles. The molecule has 3 N–H and O–H groups in total. The fourth-order valence-corrected chi connectivity index (χ4v) is 2.65. The van der Waals surface area contributed by atoms with Crippen LogP contribution in [0.1, 0.15) is 32.0 Å². The minimum atomic E-state index is -0.972. The Hall–Kier alpha value is -3.54. The van der Waals surface area contributed by atoms with Crippen LogP contribution in [0.2, 0.25) is 0 Å². The Morgan fingerprint density at radius 3 is 2.35 bits per heavy atom. The molecule has 0 aliphatic heterocycles. The Bertz CT molecular complexity index is 957. The van der Waals surface area contributed by atoms with Crippen molar-refractivity contribution >= 4 is 17.6 Å². The second kappa shape index (κ2) is 7.14. The summed E-state index contributed by atoms with van der Waals surface area (Å²) >= 11 is 0. The number of furan rings is 1. The number of hydrogen-bond acceptors (Lipinski definition) is 4. The van der Waals surface area contributed by atoms with Gasteiger partial charge in [-0.15, -0.1) is 0 Å². The third-order valence-electron chi connectivity index (χ3n) is 4.10. The zero-order valence-corrected chi connectivity index (χ0v) is 14.0. The van der Waals surface area contributed by atoms with Gasteiger partial charge in [-0.2, -0.15) is 0 Å². The summed E-state index contributed by atoms with van der Waals surface area (Å²) in [6.45, 7) is 2.15. The van der Waals surface area contributed by atoms with Gasteiger partial charge in [0.1, 0.15) is 11.5 Å². The molecule has 26 heavy (non-hydrogen) atoms. The average molecular weight is 351 g/mol. The topological polar surface area (TPSA) is 99.8 Å². The Morgan fingerprint density at radius 2 is 1.69 bits per heavy atom. The van der Waals surface area contributed by atoms with E-state index in [1.807, 2.05) is 18.2 Å². The van der Waals surface area contributed by atoms with Crippen LogP contribution in [0, 0.1) is 6.92 Å². The molecule has 1 aromatic heterocycles. The minimum Gasteiger partial charge on any atom is -0.478 e. The summed E-state index contributed by atoms with van der Waals surface area (Å²) in [6, 6.07) is 15.1. The molecule has 0 fully saturated rings. The van der Waals surface area contributed by atoms with Crippen molar-refractivity contribution < 1.29 is 24.2 Å². The van der Waals surface area contributed by atoms with Crippen LogP contribution in [-0.2, 0) is 6.54 Å². The molecule has 3 aromatic rings. The van der Waals surface area contributed by atoms with Crippen molar-refractivity contribution in [2.45, 2.75) is 13.5 Å². The van der Waals surface area contributed by atoms with Crippen LogP contribution < -0.4 is 5.32 Å². The second-order valence-corrected chi connectivity index (χ2v) is 5.79. The predicted molar refractivity (Wildman–Crippen MR) is 96.6 cm³/mol. The zero-order chi connectivity index (χ0) is 18.7. The van der Waals surface area contributed by atoms with Crippen LogP contribution >= 0.6 is 0 Å². The van der Waals surface area contributed by atoms with E-state index in [0.29, 0.717) is 23.6 Å². The Labute approximate surface area is 149 Å². The fraction of sp³-hybridized carbons (Fsp3) is 0.100. The van der Waals surface area contributed by atoms with Crippen molar-refractivity contribution in [1.82, 2.24) is 0 Å². The quantitative estimate of drug-likeness (QED) is 0.613. The predicted octanol–water partition coefficient (Wildman–Crippen LogP) is 4.26. The summed E-state index contributed by atoms with van der Waals surface area (Å²) in [5, 5.41) is 21.3. The lowest BCUT2D eigenvalue weighted by molar-refractivity contribution is 0.0685. The molecular formula is C20H17NO5. The second-order valence-electron chi connectivity index (χ2n) is 5.79. The molecule has 0 bridgehead atoms. The zero-order valence-electron chi connectivity index (χ0n) is 14.0. The molecule has 0 amide bonds. The molecule has 0 unspecified atom stereocenters. The van der Waals surface area contributed by atoms with Gasteiger partial charge in [-0.25, -0.2) is 9.59 Å². The first kappa shape index (κ1) is 17.3. The Balaban J connectivity index is 1.72. The number of carboxylic acid groups (broad SMARTS) is 2. The van der Waals surface area contributed by atoms with Gasteiger partial charge < -0.3 is 19.9 Å². The molecule has 6 heteroatoms. The molecule has 2 aromatic carbocycles. The standard InChI is InChI=1S/C20H17NO5/c1-12-16(20(24)25)3-2-4-17(12)21-11-15-9-10-18(26-15)13-5-7-14(8-6-13)19(22)23/h2-10,21H,11H2,1H3,(H,22,23)(H,24,25). The summed E-state index contributed by atoms with van der Waals surface area (Å²) in [5.74, 6) is -0.617. The van der Waals surface area contributed by atoms with Gasteiger partial charge in [0.05, 0.1) is 17.7 Å². The normalized spacial score (nSPS) is 10.5. The van der Waals surface area contributed by atoms with Gasteiger partial charge in [-0.3, -0.25) is 0 Å². The molecule has 0 spiro atoms. The van der Waals surface area contributed by atoms with E-state index in [9.17, 15) is 14.7 Å². The Morgan fingerprint density at radius 1 is 0.962 bits per heavy atom. The van der Waals surface area contributed by atoms with Crippen LogP contribution in [0.4, 0.5) is 5.69 Å². The largest absolute Gasteiger partial charge is 0.478 e. The summed E-state index contributed by atoms with van der Waals surface area (Å²) < 4.78 is 5.78. The van der Waals surface area contributed by atoms with Gasteiger partial charge in [-0.1, -0.05) is 18.2 Å². The third-order valence-corrected chi connectivity index (χ3v) is 4.10. The number of anilines is 1. The summed E-state index contributed by atoms with van der Waals surface area (Å²) in [5.41, 5.74) is 2.65. The van der Waals surface area contributed by atoms with E-state index in [1.165, 1.54) is 12.1 Å². The van der Waals surface area contributed by atoms with Gasteiger partial charge >= 0.3 is 11.9 Å². The molecule has 0 atom stereocenters. The fourth-order valence-electron chi connectivity index (χ4n) is 2.65. The van der Waals surface area contributed by atoms with Crippen molar-refractivity contribution in [1.29, 1.82) is 0 Å². The van der Waals surface area contributed by atoms with Crippen molar-refractivity contribution in [2.75, 3.05) is 5.32 Å². The number of carbonyl (C=O) groups is 2. The van der Waals surface area contributed by atoms with Gasteiger partial charge in [0.2, 0.25) is 0 Å². The molecule has 6 nitrogen and oxygen atoms in total. The first-order chi connectivity index (χ1) is 12.5. The van der Waals surface area contributed by atoms with Crippen LogP contribution in [0.3, 0.4) is 0 Å². The number of benzene rings is 2. The SMILES string of the molecule is Cc1c(NCc2ccc(-c3ccc(C(=O)O)cc3)o2)cccc1C(=O)O. The van der Waals surface area contributed by atoms with Crippen LogP contribution in [-0.4, -0.2) is 22.2 Å². The van der Waals surface area contributed by atoms with Gasteiger partial charge in [0.25, 0.3) is 0 Å². The van der Waals surface area contributed by atoms with Crippen molar-refractivity contribution in [3.8, 4) is 11.3 Å². The summed E-state index contributed by atoms with van der Waals surface area (Å²) in [7, 11) is 0. The van der Waals surface area contributed by atoms with E-state index in [1.54, 1.807) is 31.2 Å². The van der Waals surface area contributed by atoms with E-state index in [2.05, 4.69) is 5.32 Å². The maximum atomic E-state index is 11.2. The van der Waals surface area contributed by atoms with Crippen LogP contribution in [0.15, 0.2) is 59.0 Å². The molecular weight excluding hydrogens is 334 g/mol. The maximum Gasteiger partial charge on any atom is 0.336 e. The van der Waals surface area contributed by atoms with E-state index in [4.69, 9.17) is 9.52 Å². The maximum absolute atomic E-state index is 11.2. The highest BCUT2D eigenvalue weighted by Crippen LogP contribution is 2.24. The molecule has 0 saturated carbocycles. The average Bonchev–Trinajstić information content (AvgIpc) is 3.09. The first-order valence-corrected chi connectivity index (χ1v) is 7.95.